The van der Waals surface area contributed by atoms with E-state index in [0.29, 0.717) is 11.4 Å². The van der Waals surface area contributed by atoms with E-state index in [0.717, 1.165) is 14.7 Å². The molecule has 92 valence electrons. The second kappa shape index (κ2) is 5.48. The summed E-state index contributed by atoms with van der Waals surface area (Å²) in [6.45, 7) is 3.94. The Kier molecular flexibility index (Phi) is 3.96. The van der Waals surface area contributed by atoms with Crippen LogP contribution in [0.1, 0.15) is 21.5 Å². The molecular weight excluding hydrogens is 339 g/mol. The van der Waals surface area contributed by atoms with Crippen molar-refractivity contribution < 1.29 is 4.79 Å². The van der Waals surface area contributed by atoms with Crippen LogP contribution < -0.4 is 5.32 Å². The van der Waals surface area contributed by atoms with Gasteiger partial charge >= 0.3 is 0 Å². The van der Waals surface area contributed by atoms with Crippen molar-refractivity contribution in [2.75, 3.05) is 5.32 Å². The number of rotatable bonds is 2. The summed E-state index contributed by atoms with van der Waals surface area (Å²) in [5, 5.41) is 2.79. The van der Waals surface area contributed by atoms with Crippen molar-refractivity contribution in [1.82, 2.24) is 4.98 Å². The molecule has 0 bridgehead atoms. The number of nitrogens with zero attached hydrogens (tertiary/aromatic N) is 1. The molecular formula is C14H13IN2O. The minimum Gasteiger partial charge on any atom is -0.307 e. The van der Waals surface area contributed by atoms with Crippen molar-refractivity contribution in [2.24, 2.45) is 0 Å². The highest BCUT2D eigenvalue weighted by Crippen LogP contribution is 2.13. The molecule has 0 saturated heterocycles. The van der Waals surface area contributed by atoms with Crippen LogP contribution in [0.15, 0.2) is 36.5 Å². The molecule has 1 heterocycles. The normalized spacial score (nSPS) is 10.2. The largest absolute Gasteiger partial charge is 0.307 e. The number of hydrogen-bond donors (Lipinski definition) is 1. The highest BCUT2D eigenvalue weighted by atomic mass is 127. The molecule has 0 atom stereocenters. The Hall–Kier alpha value is -1.43. The van der Waals surface area contributed by atoms with Gasteiger partial charge in [-0.25, -0.2) is 4.98 Å². The summed E-state index contributed by atoms with van der Waals surface area (Å²) >= 11 is 2.18. The topological polar surface area (TPSA) is 42.0 Å². The lowest BCUT2D eigenvalue weighted by Gasteiger charge is -2.07. The third kappa shape index (κ3) is 3.07. The van der Waals surface area contributed by atoms with Crippen molar-refractivity contribution in [2.45, 2.75) is 13.8 Å². The molecule has 1 amide bonds. The zero-order valence-electron chi connectivity index (χ0n) is 10.2. The van der Waals surface area contributed by atoms with E-state index < -0.39 is 0 Å². The van der Waals surface area contributed by atoms with Crippen LogP contribution in [-0.4, -0.2) is 10.9 Å². The number of benzene rings is 1. The third-order valence-electron chi connectivity index (χ3n) is 2.60. The average Bonchev–Trinajstić information content (AvgIpc) is 2.32. The van der Waals surface area contributed by atoms with Gasteiger partial charge in [0.15, 0.2) is 0 Å². The maximum atomic E-state index is 12.1. The lowest BCUT2D eigenvalue weighted by atomic mass is 10.1. The summed E-state index contributed by atoms with van der Waals surface area (Å²) in [4.78, 5) is 16.2. The van der Waals surface area contributed by atoms with Crippen LogP contribution in [-0.2, 0) is 0 Å². The predicted molar refractivity (Wildman–Crippen MR) is 80.8 cm³/mol. The first kappa shape index (κ1) is 13.0. The maximum absolute atomic E-state index is 12.1. The van der Waals surface area contributed by atoms with Gasteiger partial charge in [-0.2, -0.15) is 0 Å². The maximum Gasteiger partial charge on any atom is 0.257 e. The number of amides is 1. The Bertz CT molecular complexity index is 579. The second-order valence-electron chi connectivity index (χ2n) is 4.13. The Morgan fingerprint density at radius 1 is 1.22 bits per heavy atom. The molecule has 18 heavy (non-hydrogen) atoms. The molecule has 4 heteroatoms. The molecule has 0 aliphatic heterocycles. The smallest absolute Gasteiger partial charge is 0.257 e. The van der Waals surface area contributed by atoms with Crippen LogP contribution in [0.25, 0.3) is 0 Å². The molecule has 0 spiro atoms. The minimum absolute atomic E-state index is 0.124. The summed E-state index contributed by atoms with van der Waals surface area (Å²) in [5.74, 6) is 0.446. The van der Waals surface area contributed by atoms with Gasteiger partial charge in [0, 0.05) is 15.3 Å². The van der Waals surface area contributed by atoms with Gasteiger partial charge in [-0.15, -0.1) is 0 Å². The first-order valence-electron chi connectivity index (χ1n) is 5.56. The Morgan fingerprint density at radius 3 is 2.61 bits per heavy atom. The van der Waals surface area contributed by atoms with Crippen molar-refractivity contribution in [3.8, 4) is 0 Å². The quantitative estimate of drug-likeness (QED) is 0.840. The highest BCUT2D eigenvalue weighted by molar-refractivity contribution is 14.1. The third-order valence-corrected chi connectivity index (χ3v) is 3.23. The molecule has 1 aromatic carbocycles. The fourth-order valence-corrected chi connectivity index (χ4v) is 2.02. The predicted octanol–water partition coefficient (Wildman–Crippen LogP) is 3.56. The molecule has 2 aromatic rings. The van der Waals surface area contributed by atoms with E-state index in [1.54, 1.807) is 12.3 Å². The molecule has 3 nitrogen and oxygen atoms in total. The van der Waals surface area contributed by atoms with E-state index >= 15 is 0 Å². The van der Waals surface area contributed by atoms with Gasteiger partial charge < -0.3 is 5.32 Å². The van der Waals surface area contributed by atoms with Crippen molar-refractivity contribution in [1.29, 1.82) is 0 Å². The number of pyridine rings is 1. The first-order valence-corrected chi connectivity index (χ1v) is 6.64. The summed E-state index contributed by atoms with van der Waals surface area (Å²) in [6, 6.07) is 9.47. The van der Waals surface area contributed by atoms with Crippen molar-refractivity contribution >= 4 is 34.3 Å². The van der Waals surface area contributed by atoms with E-state index in [1.165, 1.54) is 0 Å². The molecule has 0 unspecified atom stereocenters. The number of aryl methyl sites for hydroxylation is 2. The van der Waals surface area contributed by atoms with E-state index in [-0.39, 0.29) is 5.91 Å². The van der Waals surface area contributed by atoms with Crippen LogP contribution in [0.2, 0.25) is 0 Å². The number of carbonyl (C=O) groups excluding carboxylic acids is 1. The molecule has 1 aromatic heterocycles. The van der Waals surface area contributed by atoms with Crippen molar-refractivity contribution in [3.63, 3.8) is 0 Å². The lowest BCUT2D eigenvalue weighted by molar-refractivity contribution is 0.102. The van der Waals surface area contributed by atoms with Crippen LogP contribution in [0.3, 0.4) is 0 Å². The van der Waals surface area contributed by atoms with Gasteiger partial charge in [0.25, 0.3) is 5.91 Å². The van der Waals surface area contributed by atoms with Gasteiger partial charge in [0.05, 0.1) is 0 Å². The Morgan fingerprint density at radius 2 is 2.00 bits per heavy atom. The summed E-state index contributed by atoms with van der Waals surface area (Å²) < 4.78 is 1.04. The standard InChI is InChI=1S/C14H13IN2O/c1-9-3-5-12(10(2)7-9)14(18)17-13-6-4-11(15)8-16-13/h3-8H,1-2H3,(H,16,17,18). The van der Waals surface area contributed by atoms with Crippen LogP contribution in [0.4, 0.5) is 5.82 Å². The SMILES string of the molecule is Cc1ccc(C(=O)Nc2ccc(I)cn2)c(C)c1. The first-order chi connectivity index (χ1) is 8.56. The van der Waals surface area contributed by atoms with Gasteiger partial charge in [-0.3, -0.25) is 4.79 Å². The van der Waals surface area contributed by atoms with Crippen LogP contribution in [0, 0.1) is 17.4 Å². The van der Waals surface area contributed by atoms with E-state index in [9.17, 15) is 4.79 Å². The number of hydrogen-bond acceptors (Lipinski definition) is 2. The number of aromatic nitrogens is 1. The number of halogens is 1. The van der Waals surface area contributed by atoms with Gasteiger partial charge in [0.2, 0.25) is 0 Å². The van der Waals surface area contributed by atoms with Gasteiger partial charge in [-0.05, 0) is 60.2 Å². The molecule has 0 fully saturated rings. The summed E-state index contributed by atoms with van der Waals surface area (Å²) in [6.07, 6.45) is 1.72. The van der Waals surface area contributed by atoms with E-state index in [1.807, 2.05) is 38.1 Å². The van der Waals surface area contributed by atoms with Crippen LogP contribution >= 0.6 is 22.6 Å². The van der Waals surface area contributed by atoms with E-state index in [2.05, 4.69) is 32.9 Å². The number of nitrogens with one attached hydrogen (secondary N) is 1. The summed E-state index contributed by atoms with van der Waals surface area (Å²) in [5.41, 5.74) is 2.80. The van der Waals surface area contributed by atoms with E-state index in [4.69, 9.17) is 0 Å². The second-order valence-corrected chi connectivity index (χ2v) is 5.38. The Balaban J connectivity index is 2.19. The Labute approximate surface area is 120 Å². The fourth-order valence-electron chi connectivity index (χ4n) is 1.70. The average molecular weight is 352 g/mol. The zero-order valence-corrected chi connectivity index (χ0v) is 12.4. The molecule has 0 aliphatic carbocycles. The number of anilines is 1. The zero-order chi connectivity index (χ0) is 13.1. The summed E-state index contributed by atoms with van der Waals surface area (Å²) in [7, 11) is 0. The number of carbonyl (C=O) groups is 1. The molecule has 0 saturated carbocycles. The van der Waals surface area contributed by atoms with Gasteiger partial charge in [-0.1, -0.05) is 17.7 Å². The molecule has 0 radical (unpaired) electrons. The van der Waals surface area contributed by atoms with Crippen molar-refractivity contribution in [3.05, 3.63) is 56.8 Å². The molecule has 2 rings (SSSR count). The minimum atomic E-state index is -0.124. The highest BCUT2D eigenvalue weighted by Gasteiger charge is 2.09. The lowest BCUT2D eigenvalue weighted by Crippen LogP contribution is -2.14. The van der Waals surface area contributed by atoms with Gasteiger partial charge in [0.1, 0.15) is 5.82 Å². The van der Waals surface area contributed by atoms with Crippen LogP contribution in [0.5, 0.6) is 0 Å². The fraction of sp³-hybridized carbons (Fsp3) is 0.143. The monoisotopic (exact) mass is 352 g/mol. The molecule has 1 N–H and O–H groups in total. The molecule has 0 aliphatic rings.